The van der Waals surface area contributed by atoms with E-state index in [1.54, 1.807) is 0 Å². The lowest BCUT2D eigenvalue weighted by Crippen LogP contribution is -2.41. The molecule has 0 spiro atoms. The van der Waals surface area contributed by atoms with Crippen LogP contribution in [0.3, 0.4) is 0 Å². The van der Waals surface area contributed by atoms with E-state index in [2.05, 4.69) is 10.3 Å². The number of aromatic nitrogens is 3. The monoisotopic (exact) mass is 313 g/mol. The second-order valence-electron chi connectivity index (χ2n) is 6.01. The molecule has 5 nitrogen and oxygen atoms in total. The minimum atomic E-state index is -0.566. The molecule has 1 atom stereocenters. The van der Waals surface area contributed by atoms with Crippen LogP contribution in [-0.2, 0) is 5.54 Å². The Bertz CT molecular complexity index is 752. The molecule has 2 heterocycles. The third-order valence-corrected chi connectivity index (χ3v) is 4.14. The SMILES string of the molecule is C/C=C\c1cc(C(C)C(C)(C)n2nnccc2=O)oc1/C=C\C. The first kappa shape index (κ1) is 16.9. The van der Waals surface area contributed by atoms with Crippen LogP contribution in [0.15, 0.2) is 39.7 Å². The normalized spacial score (nSPS) is 14.0. The first-order valence-electron chi connectivity index (χ1n) is 7.72. The Hall–Kier alpha value is -2.43. The van der Waals surface area contributed by atoms with Gasteiger partial charge in [0.1, 0.15) is 11.5 Å². The van der Waals surface area contributed by atoms with Gasteiger partial charge < -0.3 is 4.42 Å². The summed E-state index contributed by atoms with van der Waals surface area (Å²) in [5, 5.41) is 7.81. The third-order valence-electron chi connectivity index (χ3n) is 4.14. The van der Waals surface area contributed by atoms with Crippen molar-refractivity contribution in [1.29, 1.82) is 0 Å². The molecule has 0 aliphatic rings. The molecule has 2 aromatic heterocycles. The van der Waals surface area contributed by atoms with Crippen molar-refractivity contribution in [2.24, 2.45) is 0 Å². The van der Waals surface area contributed by atoms with Crippen molar-refractivity contribution in [2.45, 2.75) is 46.1 Å². The lowest BCUT2D eigenvalue weighted by Gasteiger charge is -2.30. The zero-order valence-corrected chi connectivity index (χ0v) is 14.3. The maximum atomic E-state index is 12.1. The quantitative estimate of drug-likeness (QED) is 0.841. The molecule has 0 aliphatic carbocycles. The van der Waals surface area contributed by atoms with Gasteiger partial charge in [-0.2, -0.15) is 0 Å². The van der Waals surface area contributed by atoms with Gasteiger partial charge in [-0.3, -0.25) is 4.79 Å². The fraction of sp³-hybridized carbons (Fsp3) is 0.389. The second kappa shape index (κ2) is 6.77. The van der Waals surface area contributed by atoms with Gasteiger partial charge in [-0.05, 0) is 39.8 Å². The van der Waals surface area contributed by atoms with Gasteiger partial charge in [-0.25, -0.2) is 4.68 Å². The van der Waals surface area contributed by atoms with Crippen LogP contribution < -0.4 is 5.56 Å². The average Bonchev–Trinajstić information content (AvgIpc) is 2.90. The average molecular weight is 313 g/mol. The van der Waals surface area contributed by atoms with Crippen LogP contribution in [0.1, 0.15) is 57.6 Å². The highest BCUT2D eigenvalue weighted by Gasteiger charge is 2.33. The topological polar surface area (TPSA) is 60.9 Å². The Kier molecular flexibility index (Phi) is 4.98. The van der Waals surface area contributed by atoms with Gasteiger partial charge in [0.2, 0.25) is 0 Å². The largest absolute Gasteiger partial charge is 0.461 e. The van der Waals surface area contributed by atoms with Gasteiger partial charge in [0.25, 0.3) is 5.56 Å². The molecule has 122 valence electrons. The van der Waals surface area contributed by atoms with Crippen molar-refractivity contribution in [3.8, 4) is 0 Å². The molecule has 5 heteroatoms. The summed E-state index contributed by atoms with van der Waals surface area (Å²) in [7, 11) is 0. The fourth-order valence-corrected chi connectivity index (χ4v) is 2.47. The molecule has 0 amide bonds. The van der Waals surface area contributed by atoms with Crippen LogP contribution in [0.2, 0.25) is 0 Å². The summed E-state index contributed by atoms with van der Waals surface area (Å²) in [5.74, 6) is 1.57. The van der Waals surface area contributed by atoms with Gasteiger partial charge >= 0.3 is 0 Å². The summed E-state index contributed by atoms with van der Waals surface area (Å²) in [6, 6.07) is 3.43. The standard InChI is InChI=1S/C18H23N3O2/c1-6-8-14-12-16(23-15(14)9-7-2)13(3)18(4,5)21-17(22)10-11-19-20-21/h6-13H,1-5H3/b8-6-,9-7-. The zero-order valence-electron chi connectivity index (χ0n) is 14.3. The van der Waals surface area contributed by atoms with Crippen LogP contribution in [-0.4, -0.2) is 15.0 Å². The van der Waals surface area contributed by atoms with E-state index in [0.717, 1.165) is 17.1 Å². The third kappa shape index (κ3) is 3.33. The van der Waals surface area contributed by atoms with E-state index in [4.69, 9.17) is 4.42 Å². The Labute approximate surface area is 136 Å². The molecule has 0 radical (unpaired) electrons. The molecule has 0 N–H and O–H groups in total. The van der Waals surface area contributed by atoms with Crippen molar-refractivity contribution in [2.75, 3.05) is 0 Å². The van der Waals surface area contributed by atoms with E-state index in [1.165, 1.54) is 16.9 Å². The molecule has 0 fully saturated rings. The first-order chi connectivity index (χ1) is 10.9. The minimum Gasteiger partial charge on any atom is -0.461 e. The number of hydrogen-bond acceptors (Lipinski definition) is 4. The lowest BCUT2D eigenvalue weighted by molar-refractivity contribution is 0.224. The van der Waals surface area contributed by atoms with Crippen LogP contribution in [0.5, 0.6) is 0 Å². The molecule has 0 saturated carbocycles. The highest BCUT2D eigenvalue weighted by atomic mass is 16.3. The maximum Gasteiger partial charge on any atom is 0.270 e. The first-order valence-corrected chi connectivity index (χ1v) is 7.72. The predicted octanol–water partition coefficient (Wildman–Crippen LogP) is 3.84. The van der Waals surface area contributed by atoms with E-state index >= 15 is 0 Å². The van der Waals surface area contributed by atoms with Crippen LogP contribution >= 0.6 is 0 Å². The highest BCUT2D eigenvalue weighted by Crippen LogP contribution is 2.35. The molecule has 2 aromatic rings. The molecule has 1 unspecified atom stereocenters. The number of furan rings is 1. The van der Waals surface area contributed by atoms with Crippen LogP contribution in [0.25, 0.3) is 12.2 Å². The fourth-order valence-electron chi connectivity index (χ4n) is 2.47. The molecular weight excluding hydrogens is 290 g/mol. The molecule has 0 saturated heterocycles. The summed E-state index contributed by atoms with van der Waals surface area (Å²) in [6.45, 7) is 9.87. The van der Waals surface area contributed by atoms with E-state index in [0.29, 0.717) is 0 Å². The zero-order chi connectivity index (χ0) is 17.0. The van der Waals surface area contributed by atoms with Crippen molar-refractivity contribution in [3.63, 3.8) is 0 Å². The summed E-state index contributed by atoms with van der Waals surface area (Å²) >= 11 is 0. The molecule has 0 bridgehead atoms. The summed E-state index contributed by atoms with van der Waals surface area (Å²) < 4.78 is 7.42. The lowest BCUT2D eigenvalue weighted by atomic mass is 9.87. The predicted molar refractivity (Wildman–Crippen MR) is 92.2 cm³/mol. The summed E-state index contributed by atoms with van der Waals surface area (Å²) in [5.41, 5.74) is 0.282. The summed E-state index contributed by atoms with van der Waals surface area (Å²) in [4.78, 5) is 12.1. The van der Waals surface area contributed by atoms with Crippen molar-refractivity contribution < 1.29 is 4.42 Å². The number of hydrogen-bond donors (Lipinski definition) is 0. The van der Waals surface area contributed by atoms with Crippen LogP contribution in [0.4, 0.5) is 0 Å². The summed E-state index contributed by atoms with van der Waals surface area (Å²) in [6.07, 6.45) is 9.27. The second-order valence-corrected chi connectivity index (χ2v) is 6.01. The van der Waals surface area contributed by atoms with Gasteiger partial charge in [-0.1, -0.05) is 30.4 Å². The van der Waals surface area contributed by atoms with Gasteiger partial charge in [0.15, 0.2) is 0 Å². The molecule has 0 aliphatic heterocycles. The molecule has 23 heavy (non-hydrogen) atoms. The van der Waals surface area contributed by atoms with Crippen molar-refractivity contribution >= 4 is 12.2 Å². The van der Waals surface area contributed by atoms with Crippen molar-refractivity contribution in [3.05, 3.63) is 57.9 Å². The molecular formula is C18H23N3O2. The Morgan fingerprint density at radius 2 is 1.96 bits per heavy atom. The van der Waals surface area contributed by atoms with Gasteiger partial charge in [-0.15, -0.1) is 5.10 Å². The minimum absolute atomic E-state index is 0.0556. The number of allylic oxidation sites excluding steroid dienone is 2. The Morgan fingerprint density at radius 1 is 1.26 bits per heavy atom. The van der Waals surface area contributed by atoms with Gasteiger partial charge in [0.05, 0.1) is 11.7 Å². The van der Waals surface area contributed by atoms with E-state index in [-0.39, 0.29) is 11.5 Å². The maximum absolute atomic E-state index is 12.1. The highest BCUT2D eigenvalue weighted by molar-refractivity contribution is 5.62. The van der Waals surface area contributed by atoms with Crippen molar-refractivity contribution in [1.82, 2.24) is 15.0 Å². The van der Waals surface area contributed by atoms with Gasteiger partial charge in [0, 0.05) is 17.5 Å². The number of rotatable bonds is 5. The molecule has 0 aromatic carbocycles. The van der Waals surface area contributed by atoms with Crippen LogP contribution in [0, 0.1) is 0 Å². The Balaban J connectivity index is 2.47. The van der Waals surface area contributed by atoms with E-state index < -0.39 is 5.54 Å². The Morgan fingerprint density at radius 3 is 2.57 bits per heavy atom. The van der Waals surface area contributed by atoms with E-state index in [9.17, 15) is 4.79 Å². The van der Waals surface area contributed by atoms with E-state index in [1.807, 2.05) is 65.0 Å². The smallest absolute Gasteiger partial charge is 0.270 e. The molecule has 2 rings (SSSR count). The number of nitrogens with zero attached hydrogens (tertiary/aromatic N) is 3.